The van der Waals surface area contributed by atoms with Crippen LogP contribution in [0.1, 0.15) is 300 Å². The third kappa shape index (κ3) is 17.3. The second kappa shape index (κ2) is 28.7. The number of fused-ring (bicyclic) bond motifs is 2. The Morgan fingerprint density at radius 1 is 0.223 bits per heavy atom. The molecule has 11 aromatic carbocycles. The Labute approximate surface area is 674 Å². The molecule has 11 aromatic rings. The van der Waals surface area contributed by atoms with E-state index in [9.17, 15) is 0 Å². The number of anilines is 9. The first-order valence-electron chi connectivity index (χ1n) is 41.6. The minimum absolute atomic E-state index is 0.0825. The summed E-state index contributed by atoms with van der Waals surface area (Å²) in [6.45, 7) is 70.4. The second-order valence-electron chi connectivity index (χ2n) is 44.9. The first-order valence-corrected chi connectivity index (χ1v) is 41.6. The second-order valence-corrected chi connectivity index (χ2v) is 44.9. The van der Waals surface area contributed by atoms with Gasteiger partial charge in [0.15, 0.2) is 0 Å². The molecule has 112 heavy (non-hydrogen) atoms. The number of hydrogen-bond donors (Lipinski definition) is 0. The standard InChI is InChI=1S/C106H133N3O3/c1-95(2,3)62-101(19,20)68-34-46-74(47-35-68)107(75-48-36-69(37-49-75)102(21,22)63-96(4,5)6)85-59-58-82-88-80(85)32-31-33-81(88)90-86(108(76-50-38-70(39-51-76)103(23,24)64-97(7,8)9)77-52-40-71(41-53-77)104(25,26)65-98(10,11)12)60-83-89-84(94(111)112-93(83)110)61-87(91(82)92(89)90)109(78-54-42-72(43-55-78)105(27,28)66-99(13,14)15)79-56-44-73(45-57-79)106(29,30)67-100(16,17)18/h31-61H,62-67H2,1-30H3. The van der Waals surface area contributed by atoms with E-state index in [1.54, 1.807) is 0 Å². The van der Waals surface area contributed by atoms with Crippen LogP contribution < -0.4 is 14.7 Å². The molecule has 0 radical (unpaired) electrons. The van der Waals surface area contributed by atoms with Gasteiger partial charge in [0.1, 0.15) is 0 Å². The molecule has 0 spiro atoms. The van der Waals surface area contributed by atoms with Gasteiger partial charge in [-0.2, -0.15) is 0 Å². The van der Waals surface area contributed by atoms with E-state index in [4.69, 9.17) is 4.74 Å². The molecular formula is C106H133N3O3. The van der Waals surface area contributed by atoms with E-state index in [1.165, 1.54) is 33.4 Å². The minimum Gasteiger partial charge on any atom is -0.386 e. The van der Waals surface area contributed by atoms with Gasteiger partial charge in [0.2, 0.25) is 0 Å². The molecule has 6 heteroatoms. The number of hydrogen-bond acceptors (Lipinski definition) is 6. The quantitative estimate of drug-likeness (QED) is 0.0309. The van der Waals surface area contributed by atoms with Crippen molar-refractivity contribution < 1.29 is 14.3 Å². The summed E-state index contributed by atoms with van der Waals surface area (Å²) in [5.74, 6) is -1.34. The molecule has 6 nitrogen and oxygen atoms in total. The fourth-order valence-electron chi connectivity index (χ4n) is 21.2. The lowest BCUT2D eigenvalue weighted by Gasteiger charge is -2.36. The van der Waals surface area contributed by atoms with Gasteiger partial charge in [-0.25, -0.2) is 9.59 Å². The van der Waals surface area contributed by atoms with Crippen molar-refractivity contribution in [1.82, 2.24) is 0 Å². The number of benzene rings is 11. The molecule has 12 rings (SSSR count). The summed E-state index contributed by atoms with van der Waals surface area (Å²) < 4.78 is 6.13. The van der Waals surface area contributed by atoms with Crippen molar-refractivity contribution in [2.45, 2.75) is 279 Å². The summed E-state index contributed by atoms with van der Waals surface area (Å²) in [4.78, 5) is 38.2. The van der Waals surface area contributed by atoms with Crippen LogP contribution in [0.3, 0.4) is 0 Å². The highest BCUT2D eigenvalue weighted by molar-refractivity contribution is 6.42. The van der Waals surface area contributed by atoms with Gasteiger partial charge >= 0.3 is 11.9 Å². The Kier molecular flexibility index (Phi) is 21.2. The molecule has 1 aliphatic heterocycles. The maximum atomic E-state index is 15.5. The monoisotopic (exact) mass is 1500 g/mol. The van der Waals surface area contributed by atoms with E-state index in [2.05, 4.69) is 398 Å². The maximum absolute atomic E-state index is 15.5. The number of carbonyl (C=O) groups is 2. The predicted octanol–water partition coefficient (Wildman–Crippen LogP) is 31.7. The molecule has 0 saturated carbocycles. The fourth-order valence-corrected chi connectivity index (χ4v) is 21.2. The van der Waals surface area contributed by atoms with E-state index in [0.717, 1.165) is 127 Å². The predicted molar refractivity (Wildman–Crippen MR) is 484 cm³/mol. The summed E-state index contributed by atoms with van der Waals surface area (Å²) in [6.07, 6.45) is 6.00. The molecule has 0 bridgehead atoms. The summed E-state index contributed by atoms with van der Waals surface area (Å²) in [7, 11) is 0. The zero-order valence-electron chi connectivity index (χ0n) is 74.2. The first-order chi connectivity index (χ1) is 51.5. The van der Waals surface area contributed by atoms with E-state index in [1.807, 2.05) is 12.1 Å². The largest absolute Gasteiger partial charge is 0.386 e. The summed E-state index contributed by atoms with van der Waals surface area (Å²) in [6, 6.07) is 71.2. The van der Waals surface area contributed by atoms with Crippen molar-refractivity contribution in [2.75, 3.05) is 14.7 Å². The van der Waals surface area contributed by atoms with E-state index in [0.29, 0.717) is 16.5 Å². The summed E-state index contributed by atoms with van der Waals surface area (Å²) >= 11 is 0. The Morgan fingerprint density at radius 2 is 0.438 bits per heavy atom. The van der Waals surface area contributed by atoms with Crippen LogP contribution in [0.5, 0.6) is 0 Å². The number of esters is 2. The Hall–Kier alpha value is -8.74. The number of nitrogens with zero attached hydrogens (tertiary/aromatic N) is 3. The van der Waals surface area contributed by atoms with Crippen molar-refractivity contribution in [1.29, 1.82) is 0 Å². The number of cyclic esters (lactones) is 2. The van der Waals surface area contributed by atoms with E-state index in [-0.39, 0.29) is 65.0 Å². The van der Waals surface area contributed by atoms with Gasteiger partial charge in [-0.3, -0.25) is 0 Å². The smallest absolute Gasteiger partial charge is 0.346 e. The zero-order chi connectivity index (χ0) is 82.2. The molecule has 1 heterocycles. The molecule has 0 aliphatic carbocycles. The topological polar surface area (TPSA) is 53.1 Å². The van der Waals surface area contributed by atoms with E-state index >= 15 is 9.59 Å². The fraction of sp³-hybridized carbons (Fsp3) is 0.453. The molecule has 0 atom stereocenters. The summed E-state index contributed by atoms with van der Waals surface area (Å²) in [5, 5.41) is 7.37. The molecule has 0 aromatic heterocycles. The minimum atomic E-state index is -0.670. The molecule has 0 fully saturated rings. The van der Waals surface area contributed by atoms with Gasteiger partial charge in [0.25, 0.3) is 0 Å². The number of rotatable bonds is 21. The lowest BCUT2D eigenvalue weighted by atomic mass is 9.72. The normalized spacial score (nSPS) is 14.1. The highest BCUT2D eigenvalue weighted by Gasteiger charge is 2.39. The van der Waals surface area contributed by atoms with Crippen molar-refractivity contribution in [3.63, 3.8) is 0 Å². The van der Waals surface area contributed by atoms with E-state index < -0.39 is 11.9 Å². The molecule has 0 N–H and O–H groups in total. The lowest BCUT2D eigenvalue weighted by molar-refractivity contribution is 0.0391. The van der Waals surface area contributed by atoms with Crippen LogP contribution in [0.25, 0.3) is 43.1 Å². The van der Waals surface area contributed by atoms with Gasteiger partial charge in [-0.15, -0.1) is 0 Å². The SMILES string of the molecule is CC(C)(C)CC(C)(C)c1ccc(N(c2ccc(C(C)(C)CC(C)(C)C)cc2)c2ccc3c4c(N(c5ccc(C(C)(C)CC(C)(C)C)cc5)c5ccc(C(C)(C)CC(C)(C)C)cc5)cc5c6c(cc(N(c7ccc(C(C)(C)CC(C)(C)C)cc7)c7ccc(C(C)(C)CC(C)(C)C)cc7)c(c7cccc2c73)c64)C(=O)OC5=O)cc1. The van der Waals surface area contributed by atoms with Crippen LogP contribution >= 0.6 is 0 Å². The highest BCUT2D eigenvalue weighted by atomic mass is 16.6. The van der Waals surface area contributed by atoms with Gasteiger partial charge < -0.3 is 19.4 Å². The molecule has 0 amide bonds. The van der Waals surface area contributed by atoms with Crippen LogP contribution in [0.4, 0.5) is 51.2 Å². The number of carbonyl (C=O) groups excluding carboxylic acids is 2. The third-order valence-corrected chi connectivity index (χ3v) is 23.5. The van der Waals surface area contributed by atoms with Gasteiger partial charge in [-0.1, -0.05) is 305 Å². The molecule has 0 unspecified atom stereocenters. The molecule has 0 saturated heterocycles. The molecular weight excluding hydrogens is 1360 g/mol. The van der Waals surface area contributed by atoms with Crippen LogP contribution in [0, 0.1) is 32.5 Å². The average molecular weight is 1500 g/mol. The lowest BCUT2D eigenvalue weighted by Crippen LogP contribution is -2.25. The maximum Gasteiger partial charge on any atom is 0.346 e. The first kappa shape index (κ1) is 82.7. The number of ether oxygens (including phenoxy) is 1. The van der Waals surface area contributed by atoms with Crippen molar-refractivity contribution in [3.8, 4) is 0 Å². The van der Waals surface area contributed by atoms with Crippen LogP contribution in [-0.2, 0) is 37.2 Å². The van der Waals surface area contributed by atoms with Gasteiger partial charge in [0.05, 0.1) is 28.2 Å². The van der Waals surface area contributed by atoms with Crippen LogP contribution in [0.15, 0.2) is 188 Å². The van der Waals surface area contributed by atoms with Crippen molar-refractivity contribution in [3.05, 3.63) is 233 Å². The van der Waals surface area contributed by atoms with Crippen molar-refractivity contribution >= 4 is 106 Å². The third-order valence-electron chi connectivity index (χ3n) is 23.5. The zero-order valence-corrected chi connectivity index (χ0v) is 74.2. The van der Waals surface area contributed by atoms with Gasteiger partial charge in [0, 0.05) is 61.1 Å². The Bertz CT molecular complexity index is 4860. The van der Waals surface area contributed by atoms with Crippen LogP contribution in [0.2, 0.25) is 0 Å². The molecule has 590 valence electrons. The van der Waals surface area contributed by atoms with Crippen LogP contribution in [-0.4, -0.2) is 11.9 Å². The Morgan fingerprint density at radius 3 is 0.670 bits per heavy atom. The Balaban J connectivity index is 1.26. The van der Waals surface area contributed by atoms with Crippen molar-refractivity contribution in [2.24, 2.45) is 32.5 Å². The summed E-state index contributed by atoms with van der Waals surface area (Å²) in [5.41, 5.74) is 16.6. The highest BCUT2D eigenvalue weighted by Crippen LogP contribution is 2.57. The van der Waals surface area contributed by atoms with Gasteiger partial charge in [-0.05, 0) is 244 Å². The average Bonchev–Trinajstić information content (AvgIpc) is 0.680. The molecule has 1 aliphatic rings.